The zero-order valence-corrected chi connectivity index (χ0v) is 34.0. The van der Waals surface area contributed by atoms with Crippen molar-refractivity contribution in [1.29, 1.82) is 0 Å². The van der Waals surface area contributed by atoms with E-state index in [0.717, 1.165) is 72.4 Å². The van der Waals surface area contributed by atoms with Crippen molar-refractivity contribution in [3.05, 3.63) is 249 Å². The summed E-state index contributed by atoms with van der Waals surface area (Å²) in [6, 6.07) is 89.1. The second-order valence-electron chi connectivity index (χ2n) is 15.6. The van der Waals surface area contributed by atoms with Crippen molar-refractivity contribution in [3.8, 4) is 66.8 Å². The molecule has 11 aromatic rings. The molecule has 10 aromatic carbocycles. The molecule has 0 amide bonds. The number of nitrogens with zero attached hydrogens (tertiary/aromatic N) is 1. The normalized spacial score (nSPS) is 11.2. The highest BCUT2D eigenvalue weighted by molar-refractivity contribution is 6.10. The molecule has 0 N–H and O–H groups in total. The van der Waals surface area contributed by atoms with E-state index in [1.54, 1.807) is 0 Å². The van der Waals surface area contributed by atoms with E-state index in [-0.39, 0.29) is 0 Å². The summed E-state index contributed by atoms with van der Waals surface area (Å²) >= 11 is 0. The number of fused-ring (bicyclic) bond motifs is 3. The highest BCUT2D eigenvalue weighted by Crippen LogP contribution is 2.50. The van der Waals surface area contributed by atoms with Crippen LogP contribution in [0.4, 0.5) is 17.1 Å². The number of benzene rings is 10. The van der Waals surface area contributed by atoms with Crippen LogP contribution in [0.25, 0.3) is 88.7 Å². The summed E-state index contributed by atoms with van der Waals surface area (Å²) < 4.78 is 6.50. The van der Waals surface area contributed by atoms with Crippen molar-refractivity contribution in [3.63, 3.8) is 0 Å². The molecule has 0 aliphatic heterocycles. The van der Waals surface area contributed by atoms with Crippen LogP contribution in [0.5, 0.6) is 0 Å². The summed E-state index contributed by atoms with van der Waals surface area (Å²) in [5.41, 5.74) is 18.9. The third kappa shape index (κ3) is 6.65. The first-order chi connectivity index (χ1) is 30.8. The molecule has 0 atom stereocenters. The van der Waals surface area contributed by atoms with Crippen molar-refractivity contribution < 1.29 is 4.42 Å². The van der Waals surface area contributed by atoms with E-state index in [1.807, 2.05) is 12.1 Å². The number of hydrogen-bond donors (Lipinski definition) is 0. The molecule has 62 heavy (non-hydrogen) atoms. The second-order valence-corrected chi connectivity index (χ2v) is 15.6. The minimum Gasteiger partial charge on any atom is -0.455 e. The fourth-order valence-electron chi connectivity index (χ4n) is 9.10. The predicted molar refractivity (Wildman–Crippen MR) is 261 cm³/mol. The van der Waals surface area contributed by atoms with E-state index in [0.29, 0.717) is 0 Å². The van der Waals surface area contributed by atoms with E-state index in [9.17, 15) is 0 Å². The van der Waals surface area contributed by atoms with Gasteiger partial charge in [-0.2, -0.15) is 0 Å². The summed E-state index contributed by atoms with van der Waals surface area (Å²) in [6.07, 6.45) is 0. The first kappa shape index (κ1) is 36.8. The minimum absolute atomic E-state index is 0.897. The van der Waals surface area contributed by atoms with Gasteiger partial charge in [0.1, 0.15) is 11.2 Å². The Morgan fingerprint density at radius 2 is 0.694 bits per heavy atom. The van der Waals surface area contributed by atoms with Crippen molar-refractivity contribution in [2.24, 2.45) is 0 Å². The predicted octanol–water partition coefficient (Wildman–Crippen LogP) is 17.1. The van der Waals surface area contributed by atoms with Gasteiger partial charge in [-0.15, -0.1) is 0 Å². The average molecular weight is 792 g/mol. The van der Waals surface area contributed by atoms with Gasteiger partial charge < -0.3 is 9.32 Å². The Morgan fingerprint density at radius 1 is 0.258 bits per heavy atom. The van der Waals surface area contributed by atoms with Crippen molar-refractivity contribution in [2.75, 3.05) is 4.90 Å². The molecule has 0 spiro atoms. The zero-order chi connectivity index (χ0) is 41.2. The molecule has 11 rings (SSSR count). The lowest BCUT2D eigenvalue weighted by Crippen LogP contribution is -2.12. The fourth-order valence-corrected chi connectivity index (χ4v) is 9.10. The molecular formula is C60H41NO. The first-order valence-electron chi connectivity index (χ1n) is 21.2. The lowest BCUT2D eigenvalue weighted by atomic mass is 9.84. The maximum absolute atomic E-state index is 6.50. The minimum atomic E-state index is 0.897. The van der Waals surface area contributed by atoms with Gasteiger partial charge in [0.25, 0.3) is 0 Å². The van der Waals surface area contributed by atoms with Crippen LogP contribution in [-0.4, -0.2) is 0 Å². The van der Waals surface area contributed by atoms with Crippen LogP contribution in [0, 0.1) is 0 Å². The van der Waals surface area contributed by atoms with Crippen LogP contribution >= 0.6 is 0 Å². The van der Waals surface area contributed by atoms with Gasteiger partial charge in [0.05, 0.1) is 11.4 Å². The van der Waals surface area contributed by atoms with Crippen LogP contribution in [0.1, 0.15) is 0 Å². The van der Waals surface area contributed by atoms with Crippen LogP contribution in [0.2, 0.25) is 0 Å². The van der Waals surface area contributed by atoms with Gasteiger partial charge in [0.15, 0.2) is 0 Å². The molecule has 292 valence electrons. The highest BCUT2D eigenvalue weighted by atomic mass is 16.3. The fraction of sp³-hybridized carbons (Fsp3) is 0. The van der Waals surface area contributed by atoms with Crippen LogP contribution in [0.3, 0.4) is 0 Å². The number of anilines is 3. The maximum atomic E-state index is 6.50. The van der Waals surface area contributed by atoms with E-state index in [1.165, 1.54) is 33.4 Å². The molecule has 0 saturated heterocycles. The average Bonchev–Trinajstić information content (AvgIpc) is 3.74. The SMILES string of the molecule is c1ccc(-c2ccccc2-c2c(-c3ccccc3)cccc2-c2ccccc2N(c2ccc(-c3cccc4c3oc3ccccc34)cc2)c2ccccc2-c2ccccc2)cc1. The summed E-state index contributed by atoms with van der Waals surface area (Å²) in [6.45, 7) is 0. The number of hydrogen-bond acceptors (Lipinski definition) is 2. The molecule has 0 radical (unpaired) electrons. The first-order valence-corrected chi connectivity index (χ1v) is 21.2. The summed E-state index contributed by atoms with van der Waals surface area (Å²) in [7, 11) is 0. The van der Waals surface area contributed by atoms with E-state index >= 15 is 0 Å². The van der Waals surface area contributed by atoms with Gasteiger partial charge in [-0.3, -0.25) is 0 Å². The molecule has 0 saturated carbocycles. The Labute approximate surface area is 362 Å². The molecule has 0 aliphatic rings. The van der Waals surface area contributed by atoms with E-state index in [4.69, 9.17) is 4.42 Å². The molecule has 0 fully saturated rings. The molecule has 2 nitrogen and oxygen atoms in total. The molecular weight excluding hydrogens is 751 g/mol. The van der Waals surface area contributed by atoms with Crippen molar-refractivity contribution in [1.82, 2.24) is 0 Å². The van der Waals surface area contributed by atoms with Crippen molar-refractivity contribution >= 4 is 39.0 Å². The van der Waals surface area contributed by atoms with Crippen LogP contribution in [-0.2, 0) is 0 Å². The van der Waals surface area contributed by atoms with Gasteiger partial charge in [0.2, 0.25) is 0 Å². The molecule has 0 aliphatic carbocycles. The lowest BCUT2D eigenvalue weighted by Gasteiger charge is -2.31. The third-order valence-corrected chi connectivity index (χ3v) is 11.9. The van der Waals surface area contributed by atoms with Crippen molar-refractivity contribution in [2.45, 2.75) is 0 Å². The maximum Gasteiger partial charge on any atom is 0.143 e. The Morgan fingerprint density at radius 3 is 1.39 bits per heavy atom. The highest BCUT2D eigenvalue weighted by Gasteiger charge is 2.24. The zero-order valence-electron chi connectivity index (χ0n) is 34.0. The monoisotopic (exact) mass is 791 g/mol. The van der Waals surface area contributed by atoms with Crippen LogP contribution in [0.15, 0.2) is 253 Å². The lowest BCUT2D eigenvalue weighted by molar-refractivity contribution is 0.670. The van der Waals surface area contributed by atoms with Gasteiger partial charge in [-0.1, -0.05) is 218 Å². The summed E-state index contributed by atoms with van der Waals surface area (Å²) in [5, 5.41) is 2.25. The van der Waals surface area contributed by atoms with Crippen LogP contribution < -0.4 is 4.90 Å². The standard InChI is InChI=1S/C60H41NO/c1-4-20-42(21-5-1)47-26-10-11-30-53(47)59-49(44-24-8-3-9-25-44)31-18-33-54(59)51-28-13-16-36-57(51)61(56-35-15-12-27-48(56)43-22-6-2-7-23-43)46-40-38-45(39-41-46)50-32-19-34-55-52-29-14-17-37-58(52)62-60(50)55/h1-41H. The van der Waals surface area contributed by atoms with Gasteiger partial charge in [-0.05, 0) is 80.4 Å². The molecule has 1 aromatic heterocycles. The van der Waals surface area contributed by atoms with Gasteiger partial charge >= 0.3 is 0 Å². The number of rotatable bonds is 9. The third-order valence-electron chi connectivity index (χ3n) is 11.9. The second kappa shape index (κ2) is 16.1. The van der Waals surface area contributed by atoms with Gasteiger partial charge in [0, 0.05) is 33.2 Å². The Balaban J connectivity index is 1.14. The Bertz CT molecular complexity index is 3330. The number of furan rings is 1. The molecule has 1 heterocycles. The smallest absolute Gasteiger partial charge is 0.143 e. The Hall–Kier alpha value is -8.20. The molecule has 2 heteroatoms. The molecule has 0 unspecified atom stereocenters. The summed E-state index contributed by atoms with van der Waals surface area (Å²) in [5.74, 6) is 0. The topological polar surface area (TPSA) is 16.4 Å². The van der Waals surface area contributed by atoms with E-state index in [2.05, 4.69) is 241 Å². The van der Waals surface area contributed by atoms with Gasteiger partial charge in [-0.25, -0.2) is 0 Å². The summed E-state index contributed by atoms with van der Waals surface area (Å²) in [4.78, 5) is 2.44. The molecule has 0 bridgehead atoms. The number of para-hydroxylation sites is 4. The van der Waals surface area contributed by atoms with E-state index < -0.39 is 0 Å². The Kier molecular flexibility index (Phi) is 9.57. The quantitative estimate of drug-likeness (QED) is 0.145. The largest absolute Gasteiger partial charge is 0.455 e.